The second-order valence-electron chi connectivity index (χ2n) is 3.97. The van der Waals surface area contributed by atoms with Crippen molar-refractivity contribution in [3.63, 3.8) is 0 Å². The van der Waals surface area contributed by atoms with Crippen LogP contribution in [0.25, 0.3) is 0 Å². The zero-order chi connectivity index (χ0) is 13.1. The zero-order valence-corrected chi connectivity index (χ0v) is 11.1. The molecule has 1 N–H and O–H groups in total. The highest BCUT2D eigenvalue weighted by atomic mass is 32.2. The molecule has 0 saturated heterocycles. The maximum atomic E-state index is 11.9. The van der Waals surface area contributed by atoms with E-state index in [-0.39, 0.29) is 11.2 Å². The van der Waals surface area contributed by atoms with Crippen molar-refractivity contribution < 1.29 is 0 Å². The molecule has 5 heteroatoms. The highest BCUT2D eigenvalue weighted by Gasteiger charge is 2.10. The Morgan fingerprint density at radius 1 is 1.22 bits per heavy atom. The quantitative estimate of drug-likeness (QED) is 0.675. The molecule has 0 bridgehead atoms. The largest absolute Gasteiger partial charge is 0.329 e. The molecule has 0 aliphatic rings. The van der Waals surface area contributed by atoms with Gasteiger partial charge in [0.2, 0.25) is 0 Å². The number of H-pyrrole nitrogens is 1. The first-order valence-corrected chi connectivity index (χ1v) is 6.77. The summed E-state index contributed by atoms with van der Waals surface area (Å²) in [7, 11) is 0. The van der Waals surface area contributed by atoms with Crippen LogP contribution in [0, 0.1) is 6.92 Å². The number of rotatable bonds is 3. The molecule has 0 aliphatic carbocycles. The van der Waals surface area contributed by atoms with Gasteiger partial charge in [-0.2, -0.15) is 0 Å². The van der Waals surface area contributed by atoms with E-state index in [9.17, 15) is 9.59 Å². The van der Waals surface area contributed by atoms with Crippen molar-refractivity contribution in [2.75, 3.05) is 6.26 Å². The molecular formula is C13H14N2O2S. The average Bonchev–Trinajstić information content (AvgIpc) is 2.37. The summed E-state index contributed by atoms with van der Waals surface area (Å²) < 4.78 is 1.59. The van der Waals surface area contributed by atoms with E-state index in [1.54, 1.807) is 11.5 Å². The van der Waals surface area contributed by atoms with Crippen LogP contribution in [0.15, 0.2) is 44.9 Å². The first kappa shape index (κ1) is 12.7. The Hall–Kier alpha value is -1.75. The van der Waals surface area contributed by atoms with Crippen LogP contribution in [0.1, 0.15) is 11.1 Å². The average molecular weight is 262 g/mol. The van der Waals surface area contributed by atoms with Gasteiger partial charge in [0.15, 0.2) is 0 Å². The van der Waals surface area contributed by atoms with Crippen molar-refractivity contribution in [2.45, 2.75) is 18.5 Å². The van der Waals surface area contributed by atoms with Gasteiger partial charge >= 0.3 is 5.69 Å². The van der Waals surface area contributed by atoms with Gasteiger partial charge in [0.05, 0.1) is 11.6 Å². The number of benzene rings is 1. The summed E-state index contributed by atoms with van der Waals surface area (Å²) in [6.07, 6.45) is 1.86. The van der Waals surface area contributed by atoms with Crippen LogP contribution in [0.3, 0.4) is 0 Å². The third-order valence-corrected chi connectivity index (χ3v) is 3.66. The number of hydrogen-bond acceptors (Lipinski definition) is 3. The minimum absolute atomic E-state index is 0.311. The lowest BCUT2D eigenvalue weighted by Crippen LogP contribution is -2.33. The molecule has 0 fully saturated rings. The predicted octanol–water partition coefficient (Wildman–Crippen LogP) is 1.62. The summed E-state index contributed by atoms with van der Waals surface area (Å²) in [5, 5.41) is 0.715. The van der Waals surface area contributed by atoms with Gasteiger partial charge in [0.25, 0.3) is 5.56 Å². The number of hydrogen-bond donors (Lipinski definition) is 1. The van der Waals surface area contributed by atoms with Crippen molar-refractivity contribution in [3.05, 3.63) is 62.3 Å². The molecule has 2 rings (SSSR count). The van der Waals surface area contributed by atoms with E-state index in [2.05, 4.69) is 4.98 Å². The van der Waals surface area contributed by atoms with E-state index in [0.717, 1.165) is 5.56 Å². The van der Waals surface area contributed by atoms with Crippen LogP contribution in [-0.4, -0.2) is 15.8 Å². The standard InChI is InChI=1S/C13H14N2O2S/c1-9-11(16)14-13(17)15(12(9)18-2)8-10-6-4-3-5-7-10/h3-7H,8H2,1-2H3,(H,14,16,17). The highest BCUT2D eigenvalue weighted by Crippen LogP contribution is 2.16. The smallest absolute Gasteiger partial charge is 0.283 e. The van der Waals surface area contributed by atoms with E-state index in [0.29, 0.717) is 17.1 Å². The summed E-state index contributed by atoms with van der Waals surface area (Å²) in [5.41, 5.74) is 0.937. The van der Waals surface area contributed by atoms with Gasteiger partial charge in [-0.3, -0.25) is 14.3 Å². The second-order valence-corrected chi connectivity index (χ2v) is 4.76. The molecule has 1 aromatic carbocycles. The van der Waals surface area contributed by atoms with Gasteiger partial charge in [-0.1, -0.05) is 30.3 Å². The van der Waals surface area contributed by atoms with Crippen molar-refractivity contribution in [1.82, 2.24) is 9.55 Å². The van der Waals surface area contributed by atoms with Gasteiger partial charge in [-0.05, 0) is 18.7 Å². The van der Waals surface area contributed by atoms with E-state index in [1.807, 2.05) is 36.6 Å². The minimum Gasteiger partial charge on any atom is -0.283 e. The summed E-state index contributed by atoms with van der Waals surface area (Å²) in [6.45, 7) is 2.19. The summed E-state index contributed by atoms with van der Waals surface area (Å²) in [5.74, 6) is 0. The van der Waals surface area contributed by atoms with Crippen LogP contribution in [-0.2, 0) is 6.54 Å². The van der Waals surface area contributed by atoms with Gasteiger partial charge < -0.3 is 0 Å². The number of aromatic amines is 1. The summed E-state index contributed by atoms with van der Waals surface area (Å²) >= 11 is 1.41. The molecule has 1 heterocycles. The van der Waals surface area contributed by atoms with Gasteiger partial charge in [-0.25, -0.2) is 4.79 Å². The van der Waals surface area contributed by atoms with Crippen molar-refractivity contribution in [2.24, 2.45) is 0 Å². The zero-order valence-electron chi connectivity index (χ0n) is 10.3. The Kier molecular flexibility index (Phi) is 3.72. The molecule has 94 valence electrons. The van der Waals surface area contributed by atoms with Crippen LogP contribution in [0.5, 0.6) is 0 Å². The Balaban J connectivity index is 2.54. The number of aromatic nitrogens is 2. The Labute approximate surface area is 109 Å². The summed E-state index contributed by atoms with van der Waals surface area (Å²) in [4.78, 5) is 25.8. The first-order chi connectivity index (χ1) is 8.63. The number of thioether (sulfide) groups is 1. The molecule has 1 aromatic heterocycles. The lowest BCUT2D eigenvalue weighted by Gasteiger charge is -2.12. The predicted molar refractivity (Wildman–Crippen MR) is 73.4 cm³/mol. The van der Waals surface area contributed by atoms with Gasteiger partial charge in [0, 0.05) is 5.56 Å². The number of nitrogens with zero attached hydrogens (tertiary/aromatic N) is 1. The van der Waals surface area contributed by atoms with Crippen LogP contribution in [0.4, 0.5) is 0 Å². The Morgan fingerprint density at radius 2 is 1.89 bits per heavy atom. The van der Waals surface area contributed by atoms with Crippen LogP contribution < -0.4 is 11.2 Å². The lowest BCUT2D eigenvalue weighted by atomic mass is 10.2. The molecule has 0 aliphatic heterocycles. The monoisotopic (exact) mass is 262 g/mol. The fraction of sp³-hybridized carbons (Fsp3) is 0.231. The van der Waals surface area contributed by atoms with E-state index < -0.39 is 0 Å². The molecule has 0 saturated carbocycles. The second kappa shape index (κ2) is 5.27. The molecule has 2 aromatic rings. The Morgan fingerprint density at radius 3 is 2.50 bits per heavy atom. The third-order valence-electron chi connectivity index (χ3n) is 2.75. The SMILES string of the molecule is CSc1c(C)c(=O)[nH]c(=O)n1Cc1ccccc1. The molecule has 0 unspecified atom stereocenters. The highest BCUT2D eigenvalue weighted by molar-refractivity contribution is 7.98. The lowest BCUT2D eigenvalue weighted by molar-refractivity contribution is 0.642. The maximum absolute atomic E-state index is 11.9. The molecule has 18 heavy (non-hydrogen) atoms. The van der Waals surface area contributed by atoms with Crippen LogP contribution >= 0.6 is 11.8 Å². The van der Waals surface area contributed by atoms with Crippen molar-refractivity contribution >= 4 is 11.8 Å². The molecule has 0 atom stereocenters. The summed E-state index contributed by atoms with van der Waals surface area (Å²) in [6, 6.07) is 9.70. The molecular weight excluding hydrogens is 248 g/mol. The Bertz CT molecular complexity index is 659. The fourth-order valence-corrected chi connectivity index (χ4v) is 2.59. The number of nitrogens with one attached hydrogen (secondary N) is 1. The first-order valence-electron chi connectivity index (χ1n) is 5.55. The normalized spacial score (nSPS) is 10.6. The molecule has 0 amide bonds. The molecule has 0 spiro atoms. The van der Waals surface area contributed by atoms with Gasteiger partial charge in [0.1, 0.15) is 0 Å². The van der Waals surface area contributed by atoms with Crippen molar-refractivity contribution in [1.29, 1.82) is 0 Å². The fourth-order valence-electron chi connectivity index (χ4n) is 1.82. The maximum Gasteiger partial charge on any atom is 0.329 e. The topological polar surface area (TPSA) is 54.9 Å². The molecule has 4 nitrogen and oxygen atoms in total. The van der Waals surface area contributed by atoms with E-state index in [1.165, 1.54) is 11.8 Å². The third kappa shape index (κ3) is 2.41. The van der Waals surface area contributed by atoms with Gasteiger partial charge in [-0.15, -0.1) is 11.8 Å². The van der Waals surface area contributed by atoms with Crippen molar-refractivity contribution in [3.8, 4) is 0 Å². The molecule has 0 radical (unpaired) electrons. The van der Waals surface area contributed by atoms with E-state index >= 15 is 0 Å². The van der Waals surface area contributed by atoms with Crippen LogP contribution in [0.2, 0.25) is 0 Å². The minimum atomic E-state index is -0.362. The van der Waals surface area contributed by atoms with E-state index in [4.69, 9.17) is 0 Å².